The summed E-state index contributed by atoms with van der Waals surface area (Å²) < 4.78 is 5.64. The van der Waals surface area contributed by atoms with Gasteiger partial charge >= 0.3 is 5.97 Å². The zero-order valence-electron chi connectivity index (χ0n) is 15.3. The number of ether oxygens (including phenoxy) is 1. The fourth-order valence-electron chi connectivity index (χ4n) is 3.12. The SMILES string of the molecule is COC(=O)[C@H]1C(=O)NC(SCc2ccc(Cl)cc2)=C(C#N)[C@H]1c1cccc(Br)c1. The molecule has 2 aromatic rings. The van der Waals surface area contributed by atoms with E-state index in [4.69, 9.17) is 16.3 Å². The Hall–Kier alpha value is -2.27. The van der Waals surface area contributed by atoms with E-state index in [2.05, 4.69) is 27.3 Å². The summed E-state index contributed by atoms with van der Waals surface area (Å²) in [4.78, 5) is 25.2. The largest absolute Gasteiger partial charge is 0.468 e. The van der Waals surface area contributed by atoms with Crippen LogP contribution in [-0.4, -0.2) is 19.0 Å². The molecule has 8 heteroatoms. The van der Waals surface area contributed by atoms with Crippen molar-refractivity contribution in [2.45, 2.75) is 11.7 Å². The Morgan fingerprint density at radius 2 is 2.03 bits per heavy atom. The minimum absolute atomic E-state index is 0.331. The lowest BCUT2D eigenvalue weighted by molar-refractivity contribution is -0.150. The molecular weight excluding hydrogens is 476 g/mol. The van der Waals surface area contributed by atoms with Gasteiger partial charge in [-0.15, -0.1) is 11.8 Å². The van der Waals surface area contributed by atoms with Crippen LogP contribution in [0.25, 0.3) is 0 Å². The molecular formula is C21H16BrClN2O3S. The summed E-state index contributed by atoms with van der Waals surface area (Å²) >= 11 is 10.7. The quantitative estimate of drug-likeness (QED) is 0.481. The van der Waals surface area contributed by atoms with Gasteiger partial charge in [0.1, 0.15) is 5.92 Å². The van der Waals surface area contributed by atoms with E-state index in [9.17, 15) is 14.9 Å². The first kappa shape index (κ1) is 21.4. The second-order valence-corrected chi connectivity index (χ2v) is 8.63. The van der Waals surface area contributed by atoms with Crippen LogP contribution in [0.1, 0.15) is 17.0 Å². The van der Waals surface area contributed by atoms with Crippen LogP contribution < -0.4 is 5.32 Å². The van der Waals surface area contributed by atoms with Crippen LogP contribution in [0.2, 0.25) is 5.02 Å². The summed E-state index contributed by atoms with van der Waals surface area (Å²) in [5, 5.41) is 13.7. The Balaban J connectivity index is 2.01. The molecule has 0 bridgehead atoms. The second kappa shape index (κ2) is 9.49. The van der Waals surface area contributed by atoms with Crippen molar-refractivity contribution >= 4 is 51.2 Å². The maximum Gasteiger partial charge on any atom is 0.319 e. The highest BCUT2D eigenvalue weighted by molar-refractivity contribution is 9.10. The van der Waals surface area contributed by atoms with Crippen LogP contribution >= 0.6 is 39.3 Å². The standard InChI is InChI=1S/C21H16BrClN2O3S/c1-28-21(27)18-17(13-3-2-4-14(22)9-13)16(10-24)20(25-19(18)26)29-11-12-5-7-15(23)8-6-12/h2-9,17-18H,11H2,1H3,(H,25,26)/t17-,18-/m1/s1. The summed E-state index contributed by atoms with van der Waals surface area (Å²) in [5.74, 6) is -2.50. The smallest absolute Gasteiger partial charge is 0.319 e. The fraction of sp³-hybridized carbons (Fsp3) is 0.190. The third-order valence-corrected chi connectivity index (χ3v) is 6.32. The Bertz CT molecular complexity index is 1020. The number of allylic oxidation sites excluding steroid dienone is 1. The van der Waals surface area contributed by atoms with E-state index < -0.39 is 23.7 Å². The molecule has 1 amide bonds. The van der Waals surface area contributed by atoms with Gasteiger partial charge in [0.2, 0.25) is 5.91 Å². The Labute approximate surface area is 186 Å². The number of rotatable bonds is 5. The molecule has 0 unspecified atom stereocenters. The van der Waals surface area contributed by atoms with Gasteiger partial charge in [0.25, 0.3) is 0 Å². The molecule has 1 heterocycles. The maximum atomic E-state index is 12.8. The normalized spacial score (nSPS) is 18.8. The van der Waals surface area contributed by atoms with Gasteiger partial charge in [-0.25, -0.2) is 0 Å². The van der Waals surface area contributed by atoms with Gasteiger partial charge in [-0.05, 0) is 35.4 Å². The van der Waals surface area contributed by atoms with Crippen LogP contribution in [0.3, 0.4) is 0 Å². The van der Waals surface area contributed by atoms with E-state index in [0.29, 0.717) is 26.9 Å². The molecule has 0 spiro atoms. The van der Waals surface area contributed by atoms with E-state index in [1.54, 1.807) is 30.3 Å². The molecule has 0 fully saturated rings. The maximum absolute atomic E-state index is 12.8. The van der Waals surface area contributed by atoms with Crippen molar-refractivity contribution in [2.75, 3.05) is 7.11 Å². The van der Waals surface area contributed by atoms with E-state index >= 15 is 0 Å². The Kier molecular flexibility index (Phi) is 7.01. The first-order chi connectivity index (χ1) is 13.9. The molecule has 0 aliphatic carbocycles. The van der Waals surface area contributed by atoms with E-state index in [1.807, 2.05) is 18.2 Å². The third kappa shape index (κ3) is 4.84. The fourth-order valence-corrected chi connectivity index (χ4v) is 4.66. The van der Waals surface area contributed by atoms with Crippen LogP contribution in [-0.2, 0) is 20.1 Å². The van der Waals surface area contributed by atoms with Crippen molar-refractivity contribution in [2.24, 2.45) is 5.92 Å². The average Bonchev–Trinajstić information content (AvgIpc) is 2.72. The monoisotopic (exact) mass is 490 g/mol. The van der Waals surface area contributed by atoms with E-state index in [-0.39, 0.29) is 0 Å². The average molecular weight is 492 g/mol. The molecule has 1 aliphatic heterocycles. The molecule has 0 radical (unpaired) electrons. The number of carbonyl (C=O) groups is 2. The molecule has 0 saturated heterocycles. The molecule has 5 nitrogen and oxygen atoms in total. The molecule has 1 aliphatic rings. The number of benzene rings is 2. The lowest BCUT2D eigenvalue weighted by Crippen LogP contribution is -2.44. The Morgan fingerprint density at radius 1 is 1.31 bits per heavy atom. The number of methoxy groups -OCH3 is 1. The highest BCUT2D eigenvalue weighted by Gasteiger charge is 2.44. The van der Waals surface area contributed by atoms with Crippen molar-refractivity contribution in [3.05, 3.63) is 79.8 Å². The second-order valence-electron chi connectivity index (χ2n) is 6.29. The van der Waals surface area contributed by atoms with Crippen molar-refractivity contribution in [3.63, 3.8) is 0 Å². The van der Waals surface area contributed by atoms with Gasteiger partial charge in [-0.1, -0.05) is 51.8 Å². The molecule has 0 aromatic heterocycles. The lowest BCUT2D eigenvalue weighted by atomic mass is 9.78. The number of halogens is 2. The zero-order chi connectivity index (χ0) is 21.0. The van der Waals surface area contributed by atoms with Gasteiger partial charge in [0.05, 0.1) is 23.8 Å². The summed E-state index contributed by atoms with van der Waals surface area (Å²) in [6.45, 7) is 0. The summed E-state index contributed by atoms with van der Waals surface area (Å²) in [7, 11) is 1.23. The van der Waals surface area contributed by atoms with Crippen molar-refractivity contribution in [1.29, 1.82) is 5.26 Å². The van der Waals surface area contributed by atoms with Gasteiger partial charge in [0.15, 0.2) is 0 Å². The molecule has 3 rings (SSSR count). The van der Waals surface area contributed by atoms with Crippen molar-refractivity contribution < 1.29 is 14.3 Å². The number of amides is 1. The van der Waals surface area contributed by atoms with Crippen LogP contribution in [0, 0.1) is 17.2 Å². The molecule has 2 aromatic carbocycles. The van der Waals surface area contributed by atoms with Crippen LogP contribution in [0.5, 0.6) is 0 Å². The number of nitrogens with zero attached hydrogens (tertiary/aromatic N) is 1. The number of thioether (sulfide) groups is 1. The topological polar surface area (TPSA) is 79.2 Å². The number of nitriles is 1. The number of hydrogen-bond donors (Lipinski definition) is 1. The summed E-state index contributed by atoms with van der Waals surface area (Å²) in [6, 6.07) is 16.8. The van der Waals surface area contributed by atoms with Crippen molar-refractivity contribution in [3.8, 4) is 6.07 Å². The van der Waals surface area contributed by atoms with Gasteiger partial charge in [-0.2, -0.15) is 5.26 Å². The zero-order valence-corrected chi connectivity index (χ0v) is 18.5. The predicted octanol–water partition coefficient (Wildman–Crippen LogP) is 4.77. The van der Waals surface area contributed by atoms with E-state index in [0.717, 1.165) is 10.0 Å². The van der Waals surface area contributed by atoms with Crippen LogP contribution in [0.15, 0.2) is 63.6 Å². The predicted molar refractivity (Wildman–Crippen MR) is 116 cm³/mol. The lowest BCUT2D eigenvalue weighted by Gasteiger charge is -2.31. The first-order valence-corrected chi connectivity index (χ1v) is 10.8. The third-order valence-electron chi connectivity index (χ3n) is 4.49. The van der Waals surface area contributed by atoms with Crippen LogP contribution in [0.4, 0.5) is 0 Å². The minimum atomic E-state index is -1.14. The molecule has 148 valence electrons. The molecule has 1 N–H and O–H groups in total. The van der Waals surface area contributed by atoms with Gasteiger partial charge in [-0.3, -0.25) is 9.59 Å². The first-order valence-electron chi connectivity index (χ1n) is 8.60. The highest BCUT2D eigenvalue weighted by atomic mass is 79.9. The number of carbonyl (C=O) groups excluding carboxylic acids is 2. The van der Waals surface area contributed by atoms with E-state index in [1.165, 1.54) is 18.9 Å². The number of nitrogens with one attached hydrogen (secondary N) is 1. The molecule has 0 saturated carbocycles. The van der Waals surface area contributed by atoms with Crippen molar-refractivity contribution in [1.82, 2.24) is 5.32 Å². The van der Waals surface area contributed by atoms with Gasteiger partial charge < -0.3 is 10.1 Å². The highest BCUT2D eigenvalue weighted by Crippen LogP contribution is 2.41. The van der Waals surface area contributed by atoms with Gasteiger partial charge in [0, 0.05) is 21.2 Å². The summed E-state index contributed by atoms with van der Waals surface area (Å²) in [5.41, 5.74) is 2.01. The summed E-state index contributed by atoms with van der Waals surface area (Å²) in [6.07, 6.45) is 0. The molecule has 2 atom stereocenters. The number of esters is 1. The Morgan fingerprint density at radius 3 is 2.66 bits per heavy atom. The minimum Gasteiger partial charge on any atom is -0.468 e. The molecule has 29 heavy (non-hydrogen) atoms. The number of hydrogen-bond acceptors (Lipinski definition) is 5.